The van der Waals surface area contributed by atoms with Crippen molar-refractivity contribution in [2.75, 3.05) is 17.1 Å². The Kier molecular flexibility index (Phi) is 6.90. The molecule has 152 valence electrons. The van der Waals surface area contributed by atoms with Gasteiger partial charge in [-0.3, -0.25) is 9.52 Å². The fraction of sp³-hybridized carbons (Fsp3) is 0.350. The van der Waals surface area contributed by atoms with Gasteiger partial charge in [0.2, 0.25) is 5.91 Å². The molecule has 0 spiro atoms. The smallest absolute Gasteiger partial charge is 0.262 e. The summed E-state index contributed by atoms with van der Waals surface area (Å²) in [7, 11) is -2.37. The zero-order valence-corrected chi connectivity index (χ0v) is 17.6. The van der Waals surface area contributed by atoms with Crippen LogP contribution in [0.3, 0.4) is 0 Å². The number of nitrogens with one attached hydrogen (secondary N) is 3. The van der Waals surface area contributed by atoms with Gasteiger partial charge in [0.05, 0.1) is 17.7 Å². The molecule has 28 heavy (non-hydrogen) atoms. The summed E-state index contributed by atoms with van der Waals surface area (Å²) >= 11 is 0. The fourth-order valence-corrected chi connectivity index (χ4v) is 3.98. The number of sulfonamides is 1. The van der Waals surface area contributed by atoms with E-state index in [2.05, 4.69) is 15.4 Å². The summed E-state index contributed by atoms with van der Waals surface area (Å²) in [6, 6.07) is 11.3. The van der Waals surface area contributed by atoms with Crippen molar-refractivity contribution in [1.82, 2.24) is 5.32 Å². The number of methoxy groups -OCH3 is 1. The zero-order valence-electron chi connectivity index (χ0n) is 16.7. The number of hydrogen-bond acceptors (Lipinski definition) is 5. The summed E-state index contributed by atoms with van der Waals surface area (Å²) < 4.78 is 33.6. The average molecular weight is 406 g/mol. The molecule has 0 heterocycles. The van der Waals surface area contributed by atoms with E-state index in [0.717, 1.165) is 0 Å². The molecule has 1 atom stereocenters. The van der Waals surface area contributed by atoms with E-state index in [4.69, 9.17) is 4.74 Å². The van der Waals surface area contributed by atoms with E-state index in [1.165, 1.54) is 13.2 Å². The third kappa shape index (κ3) is 5.39. The lowest BCUT2D eigenvalue weighted by Gasteiger charge is -2.18. The number of anilines is 2. The van der Waals surface area contributed by atoms with Gasteiger partial charge in [-0.2, -0.15) is 0 Å². The van der Waals surface area contributed by atoms with Crippen LogP contribution < -0.4 is 20.1 Å². The Morgan fingerprint density at radius 2 is 1.75 bits per heavy atom. The van der Waals surface area contributed by atoms with Gasteiger partial charge in [0.15, 0.2) is 0 Å². The summed E-state index contributed by atoms with van der Waals surface area (Å²) in [6.07, 6.45) is 0. The Balaban J connectivity index is 2.27. The van der Waals surface area contributed by atoms with Crippen LogP contribution in [0.15, 0.2) is 47.4 Å². The molecule has 0 aliphatic heterocycles. The number of rotatable bonds is 8. The van der Waals surface area contributed by atoms with Gasteiger partial charge in [-0.05, 0) is 57.5 Å². The minimum absolute atomic E-state index is 0.0239. The topological polar surface area (TPSA) is 96.5 Å². The maximum absolute atomic E-state index is 12.9. The number of carbonyl (C=O) groups excluding carboxylic acids is 1. The monoisotopic (exact) mass is 405 g/mol. The Labute approximate surface area is 166 Å². The highest BCUT2D eigenvalue weighted by molar-refractivity contribution is 7.92. The van der Waals surface area contributed by atoms with Crippen LogP contribution in [0.1, 0.15) is 26.3 Å². The lowest BCUT2D eigenvalue weighted by molar-refractivity contribution is -0.122. The summed E-state index contributed by atoms with van der Waals surface area (Å²) in [5.41, 5.74) is 1.48. The van der Waals surface area contributed by atoms with Gasteiger partial charge in [0, 0.05) is 11.7 Å². The van der Waals surface area contributed by atoms with Crippen LogP contribution >= 0.6 is 0 Å². The van der Waals surface area contributed by atoms with Gasteiger partial charge < -0.3 is 15.4 Å². The standard InChI is InChI=1S/C20H27N3O4S/c1-13(2)21-20(24)15(4)22-16-11-10-14(3)19(12-16)28(25,26)23-17-8-6-7-9-18(17)27-5/h6-13,15,22-23H,1-5H3,(H,21,24). The quantitative estimate of drug-likeness (QED) is 0.627. The molecule has 1 unspecified atom stereocenters. The molecule has 2 rings (SSSR count). The van der Waals surface area contributed by atoms with Crippen LogP contribution in [-0.4, -0.2) is 33.5 Å². The summed E-state index contributed by atoms with van der Waals surface area (Å²) in [5, 5.41) is 5.86. The van der Waals surface area contributed by atoms with Gasteiger partial charge in [-0.1, -0.05) is 18.2 Å². The number of carbonyl (C=O) groups is 1. The maximum Gasteiger partial charge on any atom is 0.262 e. The molecule has 0 saturated heterocycles. The van der Waals surface area contributed by atoms with Crippen LogP contribution in [-0.2, 0) is 14.8 Å². The number of hydrogen-bond donors (Lipinski definition) is 3. The minimum Gasteiger partial charge on any atom is -0.495 e. The largest absolute Gasteiger partial charge is 0.495 e. The average Bonchev–Trinajstić information content (AvgIpc) is 2.62. The fourth-order valence-electron chi connectivity index (χ4n) is 2.63. The SMILES string of the molecule is COc1ccccc1NS(=O)(=O)c1cc(NC(C)C(=O)NC(C)C)ccc1C. The van der Waals surface area contributed by atoms with E-state index in [-0.39, 0.29) is 16.8 Å². The number of amides is 1. The number of benzene rings is 2. The van der Waals surface area contributed by atoms with Crippen molar-refractivity contribution in [3.05, 3.63) is 48.0 Å². The van der Waals surface area contributed by atoms with Gasteiger partial charge in [-0.25, -0.2) is 8.42 Å². The van der Waals surface area contributed by atoms with E-state index in [0.29, 0.717) is 22.7 Å². The Bertz CT molecular complexity index is 942. The normalized spacial score (nSPS) is 12.4. The Hall–Kier alpha value is -2.74. The molecule has 0 bridgehead atoms. The van der Waals surface area contributed by atoms with Crippen molar-refractivity contribution in [1.29, 1.82) is 0 Å². The van der Waals surface area contributed by atoms with Crippen LogP contribution in [0.4, 0.5) is 11.4 Å². The van der Waals surface area contributed by atoms with E-state index < -0.39 is 16.1 Å². The molecule has 0 aliphatic rings. The van der Waals surface area contributed by atoms with Crippen molar-refractivity contribution < 1.29 is 17.9 Å². The summed E-state index contributed by atoms with van der Waals surface area (Å²) in [4.78, 5) is 12.2. The molecule has 2 aromatic carbocycles. The Morgan fingerprint density at radius 3 is 2.39 bits per heavy atom. The van der Waals surface area contributed by atoms with Crippen molar-refractivity contribution in [3.8, 4) is 5.75 Å². The van der Waals surface area contributed by atoms with Crippen molar-refractivity contribution in [2.45, 2.75) is 44.7 Å². The molecule has 0 aromatic heterocycles. The molecular weight excluding hydrogens is 378 g/mol. The first-order valence-electron chi connectivity index (χ1n) is 8.97. The van der Waals surface area contributed by atoms with Crippen LogP contribution in [0.5, 0.6) is 5.75 Å². The summed E-state index contributed by atoms with van der Waals surface area (Å²) in [5.74, 6) is 0.268. The van der Waals surface area contributed by atoms with Crippen molar-refractivity contribution in [2.24, 2.45) is 0 Å². The van der Waals surface area contributed by atoms with Gasteiger partial charge in [0.25, 0.3) is 10.0 Å². The van der Waals surface area contributed by atoms with Gasteiger partial charge in [-0.15, -0.1) is 0 Å². The number of aryl methyl sites for hydroxylation is 1. The van der Waals surface area contributed by atoms with Crippen LogP contribution in [0.25, 0.3) is 0 Å². The molecule has 8 heteroatoms. The van der Waals surface area contributed by atoms with Gasteiger partial charge in [0.1, 0.15) is 11.8 Å². The van der Waals surface area contributed by atoms with Crippen molar-refractivity contribution in [3.63, 3.8) is 0 Å². The lowest BCUT2D eigenvalue weighted by Crippen LogP contribution is -2.41. The predicted octanol–water partition coefficient (Wildman–Crippen LogP) is 3.13. The second kappa shape index (κ2) is 8.97. The molecule has 7 nitrogen and oxygen atoms in total. The van der Waals surface area contributed by atoms with E-state index in [1.807, 2.05) is 13.8 Å². The molecule has 0 radical (unpaired) electrons. The maximum atomic E-state index is 12.9. The third-order valence-corrected chi connectivity index (χ3v) is 5.54. The first-order valence-corrected chi connectivity index (χ1v) is 10.5. The number of ether oxygens (including phenoxy) is 1. The molecular formula is C20H27N3O4S. The predicted molar refractivity (Wildman–Crippen MR) is 111 cm³/mol. The van der Waals surface area contributed by atoms with E-state index in [9.17, 15) is 13.2 Å². The van der Waals surface area contributed by atoms with Crippen LogP contribution in [0, 0.1) is 6.92 Å². The van der Waals surface area contributed by atoms with Crippen molar-refractivity contribution >= 4 is 27.3 Å². The lowest BCUT2D eigenvalue weighted by atomic mass is 10.2. The highest BCUT2D eigenvalue weighted by atomic mass is 32.2. The highest BCUT2D eigenvalue weighted by Crippen LogP contribution is 2.28. The zero-order chi connectivity index (χ0) is 20.9. The summed E-state index contributed by atoms with van der Waals surface area (Å²) in [6.45, 7) is 7.20. The molecule has 2 aromatic rings. The number of para-hydroxylation sites is 2. The van der Waals surface area contributed by atoms with Crippen LogP contribution in [0.2, 0.25) is 0 Å². The first kappa shape index (κ1) is 21.6. The Morgan fingerprint density at radius 1 is 1.07 bits per heavy atom. The van der Waals surface area contributed by atoms with Gasteiger partial charge >= 0.3 is 0 Å². The highest BCUT2D eigenvalue weighted by Gasteiger charge is 2.20. The second-order valence-corrected chi connectivity index (χ2v) is 8.47. The molecule has 0 fully saturated rings. The van der Waals surface area contributed by atoms with E-state index in [1.54, 1.807) is 50.2 Å². The molecule has 0 saturated carbocycles. The molecule has 0 aliphatic carbocycles. The van der Waals surface area contributed by atoms with E-state index >= 15 is 0 Å². The minimum atomic E-state index is -3.84. The molecule has 1 amide bonds. The first-order chi connectivity index (χ1) is 13.1. The second-order valence-electron chi connectivity index (χ2n) is 6.82. The third-order valence-electron chi connectivity index (χ3n) is 4.04. The molecule has 3 N–H and O–H groups in total.